The third-order valence-electron chi connectivity index (χ3n) is 5.47. The summed E-state index contributed by atoms with van der Waals surface area (Å²) in [5, 5.41) is 10.4. The fourth-order valence-electron chi connectivity index (χ4n) is 3.42. The van der Waals surface area contributed by atoms with Crippen molar-refractivity contribution in [2.75, 3.05) is 39.3 Å². The smallest absolute Gasteiger partial charge is 0.230 e. The van der Waals surface area contributed by atoms with Gasteiger partial charge in [0.15, 0.2) is 0 Å². The third-order valence-corrected chi connectivity index (χ3v) is 5.47. The second-order valence-electron chi connectivity index (χ2n) is 6.71. The highest BCUT2D eigenvalue weighted by Gasteiger charge is 2.37. The van der Waals surface area contributed by atoms with Crippen LogP contribution in [0.5, 0.6) is 0 Å². The summed E-state index contributed by atoms with van der Waals surface area (Å²) in [6.45, 7) is 8.11. The van der Waals surface area contributed by atoms with E-state index in [2.05, 4.69) is 4.90 Å². The third kappa shape index (κ3) is 4.15. The van der Waals surface area contributed by atoms with Gasteiger partial charge in [-0.1, -0.05) is 44.2 Å². The first-order valence-corrected chi connectivity index (χ1v) is 9.01. The Labute approximate surface area is 145 Å². The number of nitrogens with two attached hydrogens (primary N) is 1. The van der Waals surface area contributed by atoms with Crippen LogP contribution >= 0.6 is 0 Å². The highest BCUT2D eigenvalue weighted by molar-refractivity contribution is 5.83. The zero-order chi connectivity index (χ0) is 17.6. The summed E-state index contributed by atoms with van der Waals surface area (Å²) >= 11 is 0. The van der Waals surface area contributed by atoms with Gasteiger partial charge in [-0.05, 0) is 18.4 Å². The molecule has 1 aliphatic heterocycles. The lowest BCUT2D eigenvalue weighted by molar-refractivity contribution is -0.144. The maximum absolute atomic E-state index is 12.8. The summed E-state index contributed by atoms with van der Waals surface area (Å²) < 4.78 is 0. The number of nitrogens with zero attached hydrogens (tertiary/aromatic N) is 2. The Morgan fingerprint density at radius 3 is 2.25 bits per heavy atom. The van der Waals surface area contributed by atoms with Crippen molar-refractivity contribution >= 4 is 5.91 Å². The SMILES string of the molecule is CCC(CC)(CN)C(=O)N1CCN(CC(O)c2ccccc2)CC1. The average molecular weight is 333 g/mol. The van der Waals surface area contributed by atoms with Crippen molar-refractivity contribution in [1.29, 1.82) is 0 Å². The Bertz CT molecular complexity index is 500. The number of aliphatic hydroxyl groups excluding tert-OH is 1. The first-order chi connectivity index (χ1) is 11.6. The maximum atomic E-state index is 12.8. The summed E-state index contributed by atoms with van der Waals surface area (Å²) in [6.07, 6.45) is 1.08. The molecular weight excluding hydrogens is 302 g/mol. The van der Waals surface area contributed by atoms with E-state index in [4.69, 9.17) is 5.73 Å². The van der Waals surface area contributed by atoms with Crippen LogP contribution in [-0.2, 0) is 4.79 Å². The van der Waals surface area contributed by atoms with Crippen molar-refractivity contribution in [2.45, 2.75) is 32.8 Å². The lowest BCUT2D eigenvalue weighted by Crippen LogP contribution is -2.55. The van der Waals surface area contributed by atoms with E-state index in [1.54, 1.807) is 0 Å². The number of carbonyl (C=O) groups is 1. The van der Waals surface area contributed by atoms with Gasteiger partial charge in [0, 0.05) is 39.3 Å². The molecule has 1 unspecified atom stereocenters. The van der Waals surface area contributed by atoms with E-state index in [1.807, 2.05) is 49.1 Å². The van der Waals surface area contributed by atoms with Gasteiger partial charge in [-0.25, -0.2) is 0 Å². The van der Waals surface area contributed by atoms with Crippen molar-refractivity contribution in [2.24, 2.45) is 11.1 Å². The van der Waals surface area contributed by atoms with Gasteiger partial charge in [0.25, 0.3) is 0 Å². The Kier molecular flexibility index (Phi) is 6.78. The minimum Gasteiger partial charge on any atom is -0.387 e. The van der Waals surface area contributed by atoms with Crippen molar-refractivity contribution in [1.82, 2.24) is 9.80 Å². The van der Waals surface area contributed by atoms with E-state index in [9.17, 15) is 9.90 Å². The number of hydrogen-bond donors (Lipinski definition) is 2. The first kappa shape index (κ1) is 18.9. The summed E-state index contributed by atoms with van der Waals surface area (Å²) in [5.74, 6) is 0.193. The normalized spacial score (nSPS) is 17.8. The van der Waals surface area contributed by atoms with E-state index in [1.165, 1.54) is 0 Å². The minimum atomic E-state index is -0.483. The first-order valence-electron chi connectivity index (χ1n) is 9.01. The summed E-state index contributed by atoms with van der Waals surface area (Å²) in [4.78, 5) is 17.0. The van der Waals surface area contributed by atoms with Crippen LogP contribution in [0.15, 0.2) is 30.3 Å². The second-order valence-corrected chi connectivity index (χ2v) is 6.71. The molecule has 1 aromatic carbocycles. The standard InChI is InChI=1S/C19H31N3O2/c1-3-19(4-2,15-20)18(24)22-12-10-21(11-13-22)14-17(23)16-8-6-5-7-9-16/h5-9,17,23H,3-4,10-15,20H2,1-2H3. The van der Waals surface area contributed by atoms with Crippen molar-refractivity contribution in [3.8, 4) is 0 Å². The number of carbonyl (C=O) groups excluding carboxylic acids is 1. The van der Waals surface area contributed by atoms with Gasteiger partial charge in [-0.3, -0.25) is 9.69 Å². The molecule has 3 N–H and O–H groups in total. The second kappa shape index (κ2) is 8.60. The summed E-state index contributed by atoms with van der Waals surface area (Å²) in [7, 11) is 0. The number of β-amino-alcohol motifs (C(OH)–C–C–N with tert-alkyl or cyclic N) is 1. The molecular formula is C19H31N3O2. The number of amides is 1. The highest BCUT2D eigenvalue weighted by atomic mass is 16.3. The molecule has 134 valence electrons. The van der Waals surface area contributed by atoms with Crippen molar-refractivity contribution in [3.05, 3.63) is 35.9 Å². The van der Waals surface area contributed by atoms with Gasteiger partial charge in [0.2, 0.25) is 5.91 Å². The summed E-state index contributed by atoms with van der Waals surface area (Å²) in [6, 6.07) is 9.73. The largest absolute Gasteiger partial charge is 0.387 e. The van der Waals surface area contributed by atoms with E-state index < -0.39 is 11.5 Å². The molecule has 0 aliphatic carbocycles. The molecule has 1 aromatic rings. The van der Waals surface area contributed by atoms with Gasteiger partial charge >= 0.3 is 0 Å². The van der Waals surface area contributed by atoms with Crippen LogP contribution in [0, 0.1) is 5.41 Å². The molecule has 0 radical (unpaired) electrons. The Hall–Kier alpha value is -1.43. The van der Waals surface area contributed by atoms with Gasteiger partial charge in [0.1, 0.15) is 0 Å². The lowest BCUT2D eigenvalue weighted by Gasteiger charge is -2.40. The fraction of sp³-hybridized carbons (Fsp3) is 0.632. The average Bonchev–Trinajstić information content (AvgIpc) is 2.65. The van der Waals surface area contributed by atoms with E-state index in [0.717, 1.165) is 31.5 Å². The van der Waals surface area contributed by atoms with Crippen LogP contribution in [0.3, 0.4) is 0 Å². The molecule has 0 aromatic heterocycles. The molecule has 1 fully saturated rings. The van der Waals surface area contributed by atoms with Gasteiger partial charge < -0.3 is 15.7 Å². The van der Waals surface area contributed by atoms with Crippen LogP contribution in [0.4, 0.5) is 0 Å². The van der Waals surface area contributed by atoms with Gasteiger partial charge in [-0.15, -0.1) is 0 Å². The van der Waals surface area contributed by atoms with E-state index in [0.29, 0.717) is 26.2 Å². The van der Waals surface area contributed by atoms with Crippen LogP contribution < -0.4 is 5.73 Å². The molecule has 1 aliphatic rings. The van der Waals surface area contributed by atoms with Gasteiger partial charge in [-0.2, -0.15) is 0 Å². The Balaban J connectivity index is 1.88. The van der Waals surface area contributed by atoms with Crippen LogP contribution in [0.2, 0.25) is 0 Å². The van der Waals surface area contributed by atoms with Crippen molar-refractivity contribution in [3.63, 3.8) is 0 Å². The molecule has 1 saturated heterocycles. The molecule has 5 heteroatoms. The van der Waals surface area contributed by atoms with Crippen LogP contribution in [0.25, 0.3) is 0 Å². The number of benzene rings is 1. The predicted octanol–water partition coefficient (Wildman–Crippen LogP) is 1.63. The number of hydrogen-bond acceptors (Lipinski definition) is 4. The lowest BCUT2D eigenvalue weighted by atomic mass is 9.81. The van der Waals surface area contributed by atoms with E-state index >= 15 is 0 Å². The number of piperazine rings is 1. The zero-order valence-corrected chi connectivity index (χ0v) is 14.9. The van der Waals surface area contributed by atoms with Crippen molar-refractivity contribution < 1.29 is 9.90 Å². The number of rotatable bonds is 7. The van der Waals surface area contributed by atoms with Crippen LogP contribution in [0.1, 0.15) is 38.4 Å². The van der Waals surface area contributed by atoms with Gasteiger partial charge in [0.05, 0.1) is 11.5 Å². The van der Waals surface area contributed by atoms with Crippen LogP contribution in [-0.4, -0.2) is 60.1 Å². The fourth-order valence-corrected chi connectivity index (χ4v) is 3.42. The summed E-state index contributed by atoms with van der Waals surface area (Å²) in [5.41, 5.74) is 6.43. The molecule has 1 amide bonds. The minimum absolute atomic E-state index is 0.193. The molecule has 1 atom stereocenters. The molecule has 0 bridgehead atoms. The maximum Gasteiger partial charge on any atom is 0.230 e. The topological polar surface area (TPSA) is 69.8 Å². The highest BCUT2D eigenvalue weighted by Crippen LogP contribution is 2.28. The molecule has 1 heterocycles. The number of aliphatic hydroxyl groups is 1. The monoisotopic (exact) mass is 333 g/mol. The Morgan fingerprint density at radius 1 is 1.17 bits per heavy atom. The predicted molar refractivity (Wildman–Crippen MR) is 96.5 cm³/mol. The molecule has 24 heavy (non-hydrogen) atoms. The molecule has 5 nitrogen and oxygen atoms in total. The van der Waals surface area contributed by atoms with E-state index in [-0.39, 0.29) is 5.91 Å². The molecule has 0 spiro atoms. The molecule has 0 saturated carbocycles. The quantitative estimate of drug-likeness (QED) is 0.796. The molecule has 2 rings (SSSR count). The zero-order valence-electron chi connectivity index (χ0n) is 14.9. The Morgan fingerprint density at radius 2 is 1.75 bits per heavy atom.